The van der Waals surface area contributed by atoms with E-state index >= 15 is 8.78 Å². The van der Waals surface area contributed by atoms with Gasteiger partial charge in [-0.2, -0.15) is 8.78 Å². The molecule has 0 heterocycles. The molecular weight excluding hydrogens is 478 g/mol. The molecular formula is C27H29F4NO4. The molecule has 9 heteroatoms. The maximum Gasteiger partial charge on any atom is 0.204 e. The number of rotatable bonds is 12. The van der Waals surface area contributed by atoms with Crippen molar-refractivity contribution < 1.29 is 36.6 Å². The SMILES string of the molecule is CCCCCc1ccc(COc2c(F)c(F)c(C(ON)c3ccc(OC)cc3OC)c(F)c2F)cc1. The number of hydrogen-bond donors (Lipinski definition) is 1. The molecule has 5 nitrogen and oxygen atoms in total. The van der Waals surface area contributed by atoms with E-state index in [9.17, 15) is 8.78 Å². The van der Waals surface area contributed by atoms with Gasteiger partial charge in [0.15, 0.2) is 17.4 Å². The Morgan fingerprint density at radius 1 is 0.806 bits per heavy atom. The van der Waals surface area contributed by atoms with E-state index in [4.69, 9.17) is 24.9 Å². The van der Waals surface area contributed by atoms with E-state index in [-0.39, 0.29) is 17.9 Å². The molecule has 194 valence electrons. The fourth-order valence-electron chi connectivity index (χ4n) is 3.85. The molecule has 1 unspecified atom stereocenters. The summed E-state index contributed by atoms with van der Waals surface area (Å²) < 4.78 is 75.4. The molecule has 3 rings (SSSR count). The molecule has 1 atom stereocenters. The Kier molecular flexibility index (Phi) is 9.55. The molecule has 0 saturated heterocycles. The molecule has 2 N–H and O–H groups in total. The van der Waals surface area contributed by atoms with Gasteiger partial charge in [-0.1, -0.05) is 44.0 Å². The number of aryl methyl sites for hydroxylation is 1. The fourth-order valence-corrected chi connectivity index (χ4v) is 3.85. The standard InChI is InChI=1S/C27H29F4NO4/c1-4-5-6-7-16-8-10-17(11-9-16)15-35-27-24(30)22(28)21(23(29)25(27)31)26(36-32)19-13-12-18(33-2)14-20(19)34-3/h8-14,26H,4-7,15,32H2,1-3H3. The number of benzene rings is 3. The number of ether oxygens (including phenoxy) is 3. The van der Waals surface area contributed by atoms with E-state index in [0.717, 1.165) is 31.2 Å². The Balaban J connectivity index is 1.88. The quantitative estimate of drug-likeness (QED) is 0.130. The second-order valence-electron chi connectivity index (χ2n) is 8.19. The number of methoxy groups -OCH3 is 2. The van der Waals surface area contributed by atoms with Crippen LogP contribution in [0.2, 0.25) is 0 Å². The lowest BCUT2D eigenvalue weighted by Crippen LogP contribution is -2.18. The van der Waals surface area contributed by atoms with Gasteiger partial charge in [-0.05, 0) is 36.1 Å². The summed E-state index contributed by atoms with van der Waals surface area (Å²) in [5, 5.41) is 0. The summed E-state index contributed by atoms with van der Waals surface area (Å²) in [4.78, 5) is 4.75. The normalized spacial score (nSPS) is 11.9. The summed E-state index contributed by atoms with van der Waals surface area (Å²) >= 11 is 0. The minimum atomic E-state index is -1.72. The van der Waals surface area contributed by atoms with Gasteiger partial charge in [0.1, 0.15) is 24.2 Å². The number of unbranched alkanes of at least 4 members (excludes halogenated alkanes) is 2. The smallest absolute Gasteiger partial charge is 0.204 e. The molecule has 0 aromatic heterocycles. The third kappa shape index (κ3) is 5.91. The van der Waals surface area contributed by atoms with Crippen molar-refractivity contribution in [2.45, 2.75) is 45.3 Å². The molecule has 0 aliphatic heterocycles. The van der Waals surface area contributed by atoms with Gasteiger partial charge in [0.05, 0.1) is 19.8 Å². The first-order valence-electron chi connectivity index (χ1n) is 11.5. The highest BCUT2D eigenvalue weighted by atomic mass is 19.2. The summed E-state index contributed by atoms with van der Waals surface area (Å²) in [6, 6.07) is 11.5. The lowest BCUT2D eigenvalue weighted by atomic mass is 9.98. The van der Waals surface area contributed by atoms with Gasteiger partial charge >= 0.3 is 0 Å². The molecule has 3 aromatic carbocycles. The predicted octanol–water partition coefficient (Wildman–Crippen LogP) is 6.55. The van der Waals surface area contributed by atoms with Gasteiger partial charge in [0.25, 0.3) is 0 Å². The van der Waals surface area contributed by atoms with Crippen LogP contribution in [0.15, 0.2) is 42.5 Å². The van der Waals surface area contributed by atoms with Gasteiger partial charge < -0.3 is 14.2 Å². The van der Waals surface area contributed by atoms with Crippen molar-refractivity contribution in [2.75, 3.05) is 14.2 Å². The van der Waals surface area contributed by atoms with E-state index in [1.54, 1.807) is 12.1 Å². The van der Waals surface area contributed by atoms with Crippen LogP contribution in [0.5, 0.6) is 17.2 Å². The second kappa shape index (κ2) is 12.6. The summed E-state index contributed by atoms with van der Waals surface area (Å²) in [6.07, 6.45) is 2.49. The first-order valence-corrected chi connectivity index (χ1v) is 11.5. The van der Waals surface area contributed by atoms with E-state index in [0.29, 0.717) is 11.3 Å². The highest BCUT2D eigenvalue weighted by molar-refractivity contribution is 5.47. The zero-order valence-corrected chi connectivity index (χ0v) is 20.4. The van der Waals surface area contributed by atoms with E-state index in [1.807, 2.05) is 12.1 Å². The maximum absolute atomic E-state index is 15.1. The van der Waals surface area contributed by atoms with Crippen LogP contribution in [-0.2, 0) is 17.9 Å². The van der Waals surface area contributed by atoms with Crippen LogP contribution < -0.4 is 20.1 Å². The summed E-state index contributed by atoms with van der Waals surface area (Å²) in [7, 11) is 2.71. The number of halogens is 4. The summed E-state index contributed by atoms with van der Waals surface area (Å²) in [5.41, 5.74) is 0.682. The monoisotopic (exact) mass is 507 g/mol. The number of nitrogens with two attached hydrogens (primary N) is 1. The van der Waals surface area contributed by atoms with E-state index < -0.39 is 40.7 Å². The van der Waals surface area contributed by atoms with Crippen molar-refractivity contribution in [3.63, 3.8) is 0 Å². The van der Waals surface area contributed by atoms with Crippen molar-refractivity contribution in [1.82, 2.24) is 0 Å². The highest BCUT2D eigenvalue weighted by Crippen LogP contribution is 2.40. The van der Waals surface area contributed by atoms with E-state index in [2.05, 4.69) is 6.92 Å². The van der Waals surface area contributed by atoms with Gasteiger partial charge in [0.2, 0.25) is 11.6 Å². The van der Waals surface area contributed by atoms with Gasteiger partial charge in [-0.15, -0.1) is 0 Å². The Hall–Kier alpha value is -3.30. The zero-order chi connectivity index (χ0) is 26.2. The van der Waals surface area contributed by atoms with Crippen LogP contribution in [-0.4, -0.2) is 14.2 Å². The van der Waals surface area contributed by atoms with Crippen LogP contribution >= 0.6 is 0 Å². The maximum atomic E-state index is 15.1. The average molecular weight is 508 g/mol. The van der Waals surface area contributed by atoms with Crippen molar-refractivity contribution in [2.24, 2.45) is 5.90 Å². The molecule has 0 bridgehead atoms. The molecule has 3 aromatic rings. The van der Waals surface area contributed by atoms with Gasteiger partial charge in [-0.3, -0.25) is 4.84 Å². The molecule has 0 spiro atoms. The van der Waals surface area contributed by atoms with Crippen molar-refractivity contribution >= 4 is 0 Å². The van der Waals surface area contributed by atoms with Crippen LogP contribution in [0.1, 0.15) is 54.5 Å². The van der Waals surface area contributed by atoms with Crippen LogP contribution in [0.4, 0.5) is 17.6 Å². The molecule has 0 aliphatic rings. The number of hydrogen-bond acceptors (Lipinski definition) is 5. The summed E-state index contributed by atoms with van der Waals surface area (Å²) in [5.74, 6) is -2.19. The minimum Gasteiger partial charge on any atom is -0.497 e. The van der Waals surface area contributed by atoms with Crippen molar-refractivity contribution in [3.8, 4) is 17.2 Å². The second-order valence-corrected chi connectivity index (χ2v) is 8.19. The molecule has 36 heavy (non-hydrogen) atoms. The van der Waals surface area contributed by atoms with Gasteiger partial charge in [0, 0.05) is 11.6 Å². The van der Waals surface area contributed by atoms with Gasteiger partial charge in [-0.25, -0.2) is 14.7 Å². The predicted molar refractivity (Wildman–Crippen MR) is 127 cm³/mol. The molecule has 0 amide bonds. The molecule has 0 fully saturated rings. The highest BCUT2D eigenvalue weighted by Gasteiger charge is 2.34. The third-order valence-corrected chi connectivity index (χ3v) is 5.85. The van der Waals surface area contributed by atoms with Crippen molar-refractivity contribution in [1.29, 1.82) is 0 Å². The zero-order valence-electron chi connectivity index (χ0n) is 20.4. The van der Waals surface area contributed by atoms with E-state index in [1.165, 1.54) is 32.4 Å². The molecule has 0 aliphatic carbocycles. The average Bonchev–Trinajstić information content (AvgIpc) is 2.90. The summed E-state index contributed by atoms with van der Waals surface area (Å²) in [6.45, 7) is 1.83. The Bertz CT molecular complexity index is 1140. The lowest BCUT2D eigenvalue weighted by molar-refractivity contribution is 0.0724. The first-order chi connectivity index (χ1) is 17.4. The van der Waals surface area contributed by atoms with Crippen molar-refractivity contribution in [3.05, 3.63) is 88.0 Å². The third-order valence-electron chi connectivity index (χ3n) is 5.85. The van der Waals surface area contributed by atoms with Crippen LogP contribution in [0, 0.1) is 23.3 Å². The first kappa shape index (κ1) is 27.3. The largest absolute Gasteiger partial charge is 0.497 e. The topological polar surface area (TPSA) is 62.9 Å². The Labute approximate surface area is 207 Å². The minimum absolute atomic E-state index is 0.0325. The Morgan fingerprint density at radius 3 is 2.00 bits per heavy atom. The lowest BCUT2D eigenvalue weighted by Gasteiger charge is -2.21. The fraction of sp³-hybridized carbons (Fsp3) is 0.333. The van der Waals surface area contributed by atoms with Crippen LogP contribution in [0.25, 0.3) is 0 Å². The Morgan fingerprint density at radius 2 is 1.44 bits per heavy atom. The molecule has 0 radical (unpaired) electrons. The molecule has 0 saturated carbocycles. The van der Waals surface area contributed by atoms with Crippen LogP contribution in [0.3, 0.4) is 0 Å².